The molecule has 0 spiro atoms. The highest BCUT2D eigenvalue weighted by atomic mass is 16.3. The fourth-order valence-electron chi connectivity index (χ4n) is 9.24. The molecule has 0 saturated heterocycles. The molecule has 0 aliphatic carbocycles. The van der Waals surface area contributed by atoms with Crippen LogP contribution in [0.1, 0.15) is 0 Å². The number of para-hydroxylation sites is 3. The Morgan fingerprint density at radius 3 is 1.62 bits per heavy atom. The van der Waals surface area contributed by atoms with Gasteiger partial charge in [-0.2, -0.15) is 9.97 Å². The molecule has 0 bridgehead atoms. The molecule has 9 aromatic carbocycles. The number of benzene rings is 9. The van der Waals surface area contributed by atoms with Gasteiger partial charge < -0.3 is 8.98 Å². The Bertz CT molecular complexity index is 3820. The monoisotopic (exact) mass is 780 g/mol. The summed E-state index contributed by atoms with van der Waals surface area (Å²) in [6.45, 7) is 0. The average Bonchev–Trinajstić information content (AvgIpc) is 4.02. The van der Waals surface area contributed by atoms with E-state index in [0.717, 1.165) is 76.9 Å². The lowest BCUT2D eigenvalue weighted by molar-refractivity contribution is 0.618. The van der Waals surface area contributed by atoms with Crippen LogP contribution in [0.5, 0.6) is 0 Å². The van der Waals surface area contributed by atoms with E-state index in [1.54, 1.807) is 0 Å². The molecule has 0 fully saturated rings. The van der Waals surface area contributed by atoms with Crippen molar-refractivity contribution in [1.82, 2.24) is 29.1 Å². The summed E-state index contributed by atoms with van der Waals surface area (Å²) < 4.78 is 11.4. The molecule has 0 unspecified atom stereocenters. The molecule has 0 atom stereocenters. The molecular weight excluding hydrogens is 749 g/mol. The van der Waals surface area contributed by atoms with Crippen molar-refractivity contribution in [2.75, 3.05) is 0 Å². The fraction of sp³-hybridized carbons (Fsp3) is 0. The van der Waals surface area contributed by atoms with E-state index < -0.39 is 0 Å². The van der Waals surface area contributed by atoms with Crippen molar-refractivity contribution in [2.24, 2.45) is 0 Å². The van der Waals surface area contributed by atoms with Crippen molar-refractivity contribution in [3.05, 3.63) is 194 Å². The molecule has 284 valence electrons. The third-order valence-electron chi connectivity index (χ3n) is 12.0. The highest BCUT2D eigenvalue weighted by molar-refractivity contribution is 6.24. The highest BCUT2D eigenvalue weighted by Crippen LogP contribution is 2.43. The minimum absolute atomic E-state index is 0.535. The van der Waals surface area contributed by atoms with E-state index in [1.807, 2.05) is 66.7 Å². The third kappa shape index (κ3) is 5.11. The lowest BCUT2D eigenvalue weighted by atomic mass is 10.0. The number of rotatable bonds is 5. The molecule has 61 heavy (non-hydrogen) atoms. The van der Waals surface area contributed by atoms with Crippen LogP contribution in [0.4, 0.5) is 0 Å². The maximum atomic E-state index is 6.89. The largest absolute Gasteiger partial charge is 0.434 e. The quantitative estimate of drug-likeness (QED) is 0.163. The second kappa shape index (κ2) is 13.0. The smallest absolute Gasteiger partial charge is 0.238 e. The first-order chi connectivity index (χ1) is 30.2. The topological polar surface area (TPSA) is 74.6 Å². The van der Waals surface area contributed by atoms with Gasteiger partial charge in [0.25, 0.3) is 0 Å². The molecule has 0 N–H and O–H groups in total. The van der Waals surface area contributed by atoms with Crippen molar-refractivity contribution in [1.29, 1.82) is 0 Å². The van der Waals surface area contributed by atoms with Crippen LogP contribution in [0, 0.1) is 0 Å². The maximum absolute atomic E-state index is 6.89. The van der Waals surface area contributed by atoms with Crippen LogP contribution < -0.4 is 0 Å². The average molecular weight is 781 g/mol. The van der Waals surface area contributed by atoms with Gasteiger partial charge >= 0.3 is 0 Å². The number of oxazole rings is 1. The molecule has 0 radical (unpaired) electrons. The Balaban J connectivity index is 1.10. The molecule has 7 heteroatoms. The van der Waals surface area contributed by atoms with Gasteiger partial charge in [0.05, 0.1) is 27.8 Å². The Kier molecular flexibility index (Phi) is 7.17. The Morgan fingerprint density at radius 1 is 0.361 bits per heavy atom. The second-order valence-corrected chi connectivity index (χ2v) is 15.4. The molecule has 13 aromatic rings. The van der Waals surface area contributed by atoms with Gasteiger partial charge in [0.15, 0.2) is 17.2 Å². The van der Waals surface area contributed by atoms with Crippen molar-refractivity contribution in [2.45, 2.75) is 0 Å². The number of fused-ring (bicyclic) bond motifs is 11. The van der Waals surface area contributed by atoms with E-state index in [9.17, 15) is 0 Å². The minimum atomic E-state index is 0.535. The van der Waals surface area contributed by atoms with Gasteiger partial charge in [-0.05, 0) is 57.9 Å². The SMILES string of the molecule is c1ccc(-c2nc(-c3ccccc3)nc(-n3c4ccccc4c4ccc5c6ccccc6n(-c6cccc7nc(-c8ccc9c(ccc%10ccccc%109)c8)oc67)c5c43)n2)cc1. The van der Waals surface area contributed by atoms with Crippen molar-refractivity contribution in [3.8, 4) is 45.9 Å². The molecule has 0 aliphatic rings. The lowest BCUT2D eigenvalue weighted by Gasteiger charge is -2.13. The lowest BCUT2D eigenvalue weighted by Crippen LogP contribution is -2.07. The predicted octanol–water partition coefficient (Wildman–Crippen LogP) is 13.5. The normalized spacial score (nSPS) is 11.9. The standard InChI is InChI=1S/C54H32N6O/c1-3-15-34(16-4-1)51-56-52(35-17-5-2-6-18-35)58-54(57-51)60-46-24-12-10-21-41(46)43-31-30-42-40-20-9-11-23-45(40)59(48(42)49(43)60)47-25-13-22-44-50(47)61-53(55-44)37-28-29-39-36(32-37)27-26-33-14-7-8-19-38(33)39/h1-32H. The molecule has 0 aliphatic heterocycles. The summed E-state index contributed by atoms with van der Waals surface area (Å²) in [5.74, 6) is 2.31. The summed E-state index contributed by atoms with van der Waals surface area (Å²) in [6.07, 6.45) is 0. The van der Waals surface area contributed by atoms with Crippen LogP contribution in [0.3, 0.4) is 0 Å². The first kappa shape index (κ1) is 33.5. The van der Waals surface area contributed by atoms with Gasteiger partial charge in [0.1, 0.15) is 5.52 Å². The summed E-state index contributed by atoms with van der Waals surface area (Å²) in [5, 5.41) is 9.21. The van der Waals surface area contributed by atoms with Crippen LogP contribution in [-0.4, -0.2) is 29.1 Å². The zero-order valence-corrected chi connectivity index (χ0v) is 32.6. The van der Waals surface area contributed by atoms with Crippen LogP contribution in [0.2, 0.25) is 0 Å². The van der Waals surface area contributed by atoms with E-state index in [0.29, 0.717) is 29.1 Å². The van der Waals surface area contributed by atoms with Crippen LogP contribution >= 0.6 is 0 Å². The van der Waals surface area contributed by atoms with Crippen LogP contribution in [-0.2, 0) is 0 Å². The summed E-state index contributed by atoms with van der Waals surface area (Å²) >= 11 is 0. The zero-order chi connectivity index (χ0) is 40.0. The van der Waals surface area contributed by atoms with E-state index in [1.165, 1.54) is 16.2 Å². The molecular formula is C54H32N6O. The van der Waals surface area contributed by atoms with Gasteiger partial charge in [0, 0.05) is 38.2 Å². The van der Waals surface area contributed by atoms with Gasteiger partial charge in [-0.1, -0.05) is 158 Å². The fourth-order valence-corrected chi connectivity index (χ4v) is 9.24. The molecule has 0 amide bonds. The van der Waals surface area contributed by atoms with Gasteiger partial charge in [-0.25, -0.2) is 9.97 Å². The van der Waals surface area contributed by atoms with Crippen LogP contribution in [0.25, 0.3) is 122 Å². The van der Waals surface area contributed by atoms with E-state index in [2.05, 4.69) is 137 Å². The summed E-state index contributed by atoms with van der Waals surface area (Å²) in [5.41, 5.74) is 9.17. The van der Waals surface area contributed by atoms with Crippen molar-refractivity contribution in [3.63, 3.8) is 0 Å². The van der Waals surface area contributed by atoms with Gasteiger partial charge in [0.2, 0.25) is 11.8 Å². The Morgan fingerprint density at radius 2 is 0.918 bits per heavy atom. The zero-order valence-electron chi connectivity index (χ0n) is 32.6. The first-order valence-corrected chi connectivity index (χ1v) is 20.4. The molecule has 7 nitrogen and oxygen atoms in total. The molecule has 4 aromatic heterocycles. The second-order valence-electron chi connectivity index (χ2n) is 15.4. The highest BCUT2D eigenvalue weighted by Gasteiger charge is 2.25. The predicted molar refractivity (Wildman–Crippen MR) is 247 cm³/mol. The first-order valence-electron chi connectivity index (χ1n) is 20.4. The number of hydrogen-bond donors (Lipinski definition) is 0. The van der Waals surface area contributed by atoms with E-state index in [-0.39, 0.29) is 0 Å². The van der Waals surface area contributed by atoms with E-state index in [4.69, 9.17) is 24.4 Å². The Labute approximate surface area is 348 Å². The van der Waals surface area contributed by atoms with Gasteiger partial charge in [-0.3, -0.25) is 4.57 Å². The van der Waals surface area contributed by atoms with Crippen molar-refractivity contribution < 1.29 is 4.42 Å². The van der Waals surface area contributed by atoms with E-state index >= 15 is 0 Å². The van der Waals surface area contributed by atoms with Gasteiger partial charge in [-0.15, -0.1) is 0 Å². The number of aromatic nitrogens is 6. The molecule has 0 saturated carbocycles. The molecule has 4 heterocycles. The minimum Gasteiger partial charge on any atom is -0.434 e. The molecule has 13 rings (SSSR count). The Hall–Kier alpha value is -8.42. The summed E-state index contributed by atoms with van der Waals surface area (Å²) in [7, 11) is 0. The van der Waals surface area contributed by atoms with Crippen molar-refractivity contribution >= 4 is 76.3 Å². The number of nitrogens with zero attached hydrogens (tertiary/aromatic N) is 6. The number of hydrogen-bond acceptors (Lipinski definition) is 5. The summed E-state index contributed by atoms with van der Waals surface area (Å²) in [4.78, 5) is 20.7. The summed E-state index contributed by atoms with van der Waals surface area (Å²) in [6, 6.07) is 67.4. The van der Waals surface area contributed by atoms with Crippen LogP contribution in [0.15, 0.2) is 199 Å². The maximum Gasteiger partial charge on any atom is 0.238 e. The third-order valence-corrected chi connectivity index (χ3v) is 12.0.